The molecule has 0 spiro atoms. The van der Waals surface area contributed by atoms with Crippen molar-refractivity contribution in [1.29, 1.82) is 0 Å². The fraction of sp³-hybridized carbons (Fsp3) is 0.263. The maximum absolute atomic E-state index is 12.8. The number of benzene rings is 2. The molecule has 3 amide bonds. The van der Waals surface area contributed by atoms with Crippen LogP contribution in [-0.2, 0) is 4.79 Å². The highest BCUT2D eigenvalue weighted by atomic mass is 79.9. The Morgan fingerprint density at radius 3 is 2.52 bits per heavy atom. The van der Waals surface area contributed by atoms with E-state index in [-0.39, 0.29) is 18.5 Å². The van der Waals surface area contributed by atoms with Crippen molar-refractivity contribution < 1.29 is 19.1 Å². The lowest BCUT2D eigenvalue weighted by Gasteiger charge is -2.21. The summed E-state index contributed by atoms with van der Waals surface area (Å²) in [7, 11) is 3.12. The van der Waals surface area contributed by atoms with E-state index in [4.69, 9.17) is 9.47 Å². The summed E-state index contributed by atoms with van der Waals surface area (Å²) in [5, 5.41) is 2.80. The first-order valence-corrected chi connectivity index (χ1v) is 9.15. The quantitative estimate of drug-likeness (QED) is 0.757. The highest BCUT2D eigenvalue weighted by Crippen LogP contribution is 2.34. The van der Waals surface area contributed by atoms with E-state index < -0.39 is 0 Å². The highest BCUT2D eigenvalue weighted by Gasteiger charge is 2.32. The Labute approximate surface area is 166 Å². The summed E-state index contributed by atoms with van der Waals surface area (Å²) in [4.78, 5) is 28.2. The van der Waals surface area contributed by atoms with Crippen LogP contribution >= 0.6 is 15.9 Å². The molecule has 0 bridgehead atoms. The molecule has 1 aliphatic rings. The van der Waals surface area contributed by atoms with Crippen molar-refractivity contribution in [2.24, 2.45) is 0 Å². The summed E-state index contributed by atoms with van der Waals surface area (Å²) in [6.07, 6.45) is 0. The number of hydrogen-bond acceptors (Lipinski definition) is 4. The lowest BCUT2D eigenvalue weighted by molar-refractivity contribution is -0.116. The molecule has 142 valence electrons. The van der Waals surface area contributed by atoms with Crippen LogP contribution in [0.1, 0.15) is 0 Å². The van der Waals surface area contributed by atoms with Gasteiger partial charge >= 0.3 is 6.03 Å². The Morgan fingerprint density at radius 1 is 1.11 bits per heavy atom. The number of carbonyl (C=O) groups is 2. The van der Waals surface area contributed by atoms with Gasteiger partial charge in [0.25, 0.3) is 0 Å². The summed E-state index contributed by atoms with van der Waals surface area (Å²) >= 11 is 3.35. The summed E-state index contributed by atoms with van der Waals surface area (Å²) in [6, 6.07) is 12.3. The molecule has 0 aromatic heterocycles. The zero-order valence-electron chi connectivity index (χ0n) is 15.1. The second-order valence-corrected chi connectivity index (χ2v) is 6.86. The van der Waals surface area contributed by atoms with Crippen LogP contribution in [0.2, 0.25) is 0 Å². The molecule has 1 heterocycles. The monoisotopic (exact) mass is 433 g/mol. The van der Waals surface area contributed by atoms with E-state index in [9.17, 15) is 9.59 Å². The van der Waals surface area contributed by atoms with Crippen LogP contribution < -0.4 is 19.7 Å². The molecule has 0 unspecified atom stereocenters. The molecule has 1 fully saturated rings. The Kier molecular flexibility index (Phi) is 5.85. The number of rotatable bonds is 6. The first-order valence-electron chi connectivity index (χ1n) is 8.35. The van der Waals surface area contributed by atoms with Gasteiger partial charge in [-0.3, -0.25) is 9.69 Å². The molecule has 0 atom stereocenters. The predicted molar refractivity (Wildman–Crippen MR) is 107 cm³/mol. The van der Waals surface area contributed by atoms with Gasteiger partial charge in [-0.2, -0.15) is 0 Å². The van der Waals surface area contributed by atoms with Crippen molar-refractivity contribution in [3.8, 4) is 11.5 Å². The lowest BCUT2D eigenvalue weighted by Crippen LogP contribution is -2.37. The number of nitrogens with one attached hydrogen (secondary N) is 1. The van der Waals surface area contributed by atoms with Gasteiger partial charge in [0.2, 0.25) is 5.91 Å². The topological polar surface area (TPSA) is 71.1 Å². The Bertz CT molecular complexity index is 841. The van der Waals surface area contributed by atoms with E-state index in [0.717, 1.165) is 4.47 Å². The largest absolute Gasteiger partial charge is 0.497 e. The van der Waals surface area contributed by atoms with Gasteiger partial charge in [0.05, 0.1) is 19.9 Å². The van der Waals surface area contributed by atoms with Gasteiger partial charge in [-0.15, -0.1) is 0 Å². The first kappa shape index (κ1) is 19.0. The zero-order valence-corrected chi connectivity index (χ0v) is 16.7. The molecule has 2 aromatic rings. The zero-order chi connectivity index (χ0) is 19.4. The number of urea groups is 1. The van der Waals surface area contributed by atoms with Gasteiger partial charge < -0.3 is 19.7 Å². The van der Waals surface area contributed by atoms with Gasteiger partial charge in [0, 0.05) is 29.3 Å². The van der Waals surface area contributed by atoms with Crippen molar-refractivity contribution in [3.05, 3.63) is 46.9 Å². The Morgan fingerprint density at radius 2 is 1.85 bits per heavy atom. The molecule has 27 heavy (non-hydrogen) atoms. The van der Waals surface area contributed by atoms with Crippen LogP contribution in [0.4, 0.5) is 16.2 Å². The molecular formula is C19H20BrN3O4. The van der Waals surface area contributed by atoms with Gasteiger partial charge in [-0.25, -0.2) is 4.79 Å². The predicted octanol–water partition coefficient (Wildman–Crippen LogP) is 3.35. The van der Waals surface area contributed by atoms with Crippen LogP contribution in [0.25, 0.3) is 0 Å². The number of hydrogen-bond donors (Lipinski definition) is 1. The maximum Gasteiger partial charge on any atom is 0.325 e. The summed E-state index contributed by atoms with van der Waals surface area (Å²) in [5.41, 5.74) is 1.30. The van der Waals surface area contributed by atoms with Crippen LogP contribution in [-0.4, -0.2) is 50.7 Å². The summed E-state index contributed by atoms with van der Waals surface area (Å²) in [6.45, 7) is 0.901. The minimum absolute atomic E-state index is 0.0162. The maximum atomic E-state index is 12.8. The van der Waals surface area contributed by atoms with E-state index in [1.54, 1.807) is 49.5 Å². The SMILES string of the molecule is COc1ccc(OC)c(N2CCN(CC(=O)Nc3ccc(Br)cc3)C2=O)c1. The van der Waals surface area contributed by atoms with Gasteiger partial charge in [-0.05, 0) is 36.4 Å². The second-order valence-electron chi connectivity index (χ2n) is 5.95. The molecule has 8 heteroatoms. The number of carbonyl (C=O) groups excluding carboxylic acids is 2. The molecule has 1 N–H and O–H groups in total. The Balaban J connectivity index is 1.68. The number of nitrogens with zero attached hydrogens (tertiary/aromatic N) is 2. The standard InChI is InChI=1S/C19H20BrN3O4/c1-26-15-7-8-17(27-2)16(11-15)23-10-9-22(19(23)25)12-18(24)21-14-5-3-13(20)4-6-14/h3-8,11H,9-10,12H2,1-2H3,(H,21,24). The number of halogens is 1. The van der Waals surface area contributed by atoms with Gasteiger partial charge in [0.15, 0.2) is 0 Å². The van der Waals surface area contributed by atoms with Crippen LogP contribution in [0.15, 0.2) is 46.9 Å². The van der Waals surface area contributed by atoms with Crippen LogP contribution in [0, 0.1) is 0 Å². The molecule has 3 rings (SSSR count). The lowest BCUT2D eigenvalue weighted by atomic mass is 10.2. The van der Waals surface area contributed by atoms with Crippen LogP contribution in [0.3, 0.4) is 0 Å². The molecule has 2 aromatic carbocycles. The minimum atomic E-state index is -0.245. The van der Waals surface area contributed by atoms with E-state index in [0.29, 0.717) is 36.0 Å². The molecule has 1 saturated heterocycles. The fourth-order valence-corrected chi connectivity index (χ4v) is 3.13. The summed E-state index contributed by atoms with van der Waals surface area (Å²) < 4.78 is 11.5. The average Bonchev–Trinajstić information content (AvgIpc) is 3.03. The smallest absolute Gasteiger partial charge is 0.325 e. The van der Waals surface area contributed by atoms with Gasteiger partial charge in [0.1, 0.15) is 18.0 Å². The summed E-state index contributed by atoms with van der Waals surface area (Å²) in [5.74, 6) is 0.959. The number of amides is 3. The fourth-order valence-electron chi connectivity index (χ4n) is 2.87. The third-order valence-electron chi connectivity index (χ3n) is 4.23. The van der Waals surface area contributed by atoms with Gasteiger partial charge in [-0.1, -0.05) is 15.9 Å². The second kappa shape index (κ2) is 8.30. The number of methoxy groups -OCH3 is 2. The van der Waals surface area contributed by atoms with Crippen molar-refractivity contribution in [2.45, 2.75) is 0 Å². The van der Waals surface area contributed by atoms with E-state index >= 15 is 0 Å². The molecule has 1 aliphatic heterocycles. The molecule has 0 aliphatic carbocycles. The molecule has 7 nitrogen and oxygen atoms in total. The van der Waals surface area contributed by atoms with Crippen molar-refractivity contribution in [3.63, 3.8) is 0 Å². The number of anilines is 2. The van der Waals surface area contributed by atoms with Crippen LogP contribution in [0.5, 0.6) is 11.5 Å². The third kappa shape index (κ3) is 4.33. The minimum Gasteiger partial charge on any atom is -0.497 e. The average molecular weight is 434 g/mol. The normalized spacial score (nSPS) is 13.7. The number of ether oxygens (including phenoxy) is 2. The highest BCUT2D eigenvalue weighted by molar-refractivity contribution is 9.10. The Hall–Kier alpha value is -2.74. The van der Waals surface area contributed by atoms with Crippen molar-refractivity contribution >= 4 is 39.2 Å². The molecular weight excluding hydrogens is 414 g/mol. The van der Waals surface area contributed by atoms with E-state index in [1.165, 1.54) is 4.90 Å². The molecule has 0 radical (unpaired) electrons. The molecule has 0 saturated carbocycles. The van der Waals surface area contributed by atoms with E-state index in [1.807, 2.05) is 12.1 Å². The van der Waals surface area contributed by atoms with E-state index in [2.05, 4.69) is 21.2 Å². The first-order chi connectivity index (χ1) is 13.0. The van der Waals surface area contributed by atoms with Crippen molar-refractivity contribution in [2.75, 3.05) is 44.1 Å². The van der Waals surface area contributed by atoms with Crippen molar-refractivity contribution in [1.82, 2.24) is 4.90 Å². The third-order valence-corrected chi connectivity index (χ3v) is 4.76.